The second-order valence-corrected chi connectivity index (χ2v) is 5.71. The summed E-state index contributed by atoms with van der Waals surface area (Å²) in [6.07, 6.45) is 3.16. The van der Waals surface area contributed by atoms with E-state index >= 15 is 0 Å². The average Bonchev–Trinajstić information content (AvgIpc) is 2.38. The molecule has 0 unspecified atom stereocenters. The molecule has 1 aromatic carbocycles. The summed E-state index contributed by atoms with van der Waals surface area (Å²) in [6, 6.07) is 7.73. The Hall–Kier alpha value is -0.870. The summed E-state index contributed by atoms with van der Waals surface area (Å²) in [7, 11) is 1.85. The lowest BCUT2D eigenvalue weighted by atomic mass is 9.92. The molecule has 1 aliphatic carbocycles. The van der Waals surface area contributed by atoms with Gasteiger partial charge in [0.2, 0.25) is 0 Å². The number of halogens is 1. The van der Waals surface area contributed by atoms with Crippen LogP contribution in [0.3, 0.4) is 0 Å². The third kappa shape index (κ3) is 2.93. The third-order valence-electron chi connectivity index (χ3n) is 3.64. The fraction of sp³-hybridized carbons (Fsp3) is 0.500. The van der Waals surface area contributed by atoms with Gasteiger partial charge in [0.05, 0.1) is 11.7 Å². The number of hydrogen-bond donors (Lipinski definition) is 1. The van der Waals surface area contributed by atoms with E-state index in [0.717, 1.165) is 30.2 Å². The zero-order valence-electron chi connectivity index (χ0n) is 10.5. The summed E-state index contributed by atoms with van der Waals surface area (Å²) in [5.74, 6) is 0.0452. The van der Waals surface area contributed by atoms with Crippen LogP contribution in [0, 0.1) is 0 Å². The third-order valence-corrected chi connectivity index (χ3v) is 4.33. The maximum atomic E-state index is 12.4. The van der Waals surface area contributed by atoms with E-state index < -0.39 is 0 Å². The molecule has 2 rings (SSSR count). The van der Waals surface area contributed by atoms with E-state index in [9.17, 15) is 9.90 Å². The summed E-state index contributed by atoms with van der Waals surface area (Å²) in [5.41, 5.74) is 0.700. The quantitative estimate of drug-likeness (QED) is 0.912. The van der Waals surface area contributed by atoms with Crippen LogP contribution in [-0.2, 0) is 0 Å². The minimum atomic E-state index is -0.187. The van der Waals surface area contributed by atoms with Crippen LogP contribution in [0.25, 0.3) is 0 Å². The van der Waals surface area contributed by atoms with Crippen molar-refractivity contribution in [3.8, 4) is 0 Å². The predicted octanol–water partition coefficient (Wildman–Crippen LogP) is 2.82. The molecule has 0 atom stereocenters. The van der Waals surface area contributed by atoms with Gasteiger partial charge < -0.3 is 10.0 Å². The number of amides is 1. The van der Waals surface area contributed by atoms with Crippen molar-refractivity contribution in [2.75, 3.05) is 7.05 Å². The number of rotatable bonds is 2. The molecule has 3 nitrogen and oxygen atoms in total. The normalized spacial score (nSPS) is 23.7. The minimum absolute atomic E-state index is 0.0452. The molecule has 98 valence electrons. The van der Waals surface area contributed by atoms with Crippen molar-refractivity contribution in [2.45, 2.75) is 37.8 Å². The number of nitrogens with zero attached hydrogens (tertiary/aromatic N) is 1. The predicted molar refractivity (Wildman–Crippen MR) is 74.5 cm³/mol. The average molecular weight is 312 g/mol. The standard InChI is InChI=1S/C14H18BrNO2/c1-16(10-6-8-11(17)9-7-10)14(18)12-4-2-3-5-13(12)15/h2-5,10-11,17H,6-9H2,1H3. The molecule has 0 bridgehead atoms. The van der Waals surface area contributed by atoms with Crippen molar-refractivity contribution < 1.29 is 9.90 Å². The van der Waals surface area contributed by atoms with Gasteiger partial charge in [-0.2, -0.15) is 0 Å². The number of aliphatic hydroxyl groups excluding tert-OH is 1. The molecule has 1 fully saturated rings. The lowest BCUT2D eigenvalue weighted by Crippen LogP contribution is -2.40. The van der Waals surface area contributed by atoms with Gasteiger partial charge in [-0.25, -0.2) is 0 Å². The van der Waals surface area contributed by atoms with Crippen LogP contribution < -0.4 is 0 Å². The van der Waals surface area contributed by atoms with Crippen LogP contribution in [0.2, 0.25) is 0 Å². The second-order valence-electron chi connectivity index (χ2n) is 4.86. The monoisotopic (exact) mass is 311 g/mol. The molecule has 1 saturated carbocycles. The van der Waals surface area contributed by atoms with Crippen molar-refractivity contribution in [2.24, 2.45) is 0 Å². The van der Waals surface area contributed by atoms with Crippen molar-refractivity contribution in [1.29, 1.82) is 0 Å². The number of carbonyl (C=O) groups is 1. The molecule has 0 aromatic heterocycles. The van der Waals surface area contributed by atoms with Gasteiger partial charge in [0.25, 0.3) is 5.91 Å². The molecular formula is C14H18BrNO2. The first-order chi connectivity index (χ1) is 8.59. The molecule has 1 amide bonds. The lowest BCUT2D eigenvalue weighted by Gasteiger charge is -2.33. The molecule has 4 heteroatoms. The largest absolute Gasteiger partial charge is 0.393 e. The van der Waals surface area contributed by atoms with Gasteiger partial charge in [-0.15, -0.1) is 0 Å². The molecule has 0 radical (unpaired) electrons. The smallest absolute Gasteiger partial charge is 0.254 e. The highest BCUT2D eigenvalue weighted by Gasteiger charge is 2.26. The van der Waals surface area contributed by atoms with E-state index in [1.54, 1.807) is 0 Å². The van der Waals surface area contributed by atoms with Crippen LogP contribution in [0.4, 0.5) is 0 Å². The highest BCUT2D eigenvalue weighted by molar-refractivity contribution is 9.10. The van der Waals surface area contributed by atoms with Crippen LogP contribution in [0.5, 0.6) is 0 Å². The van der Waals surface area contributed by atoms with Crippen LogP contribution in [0.15, 0.2) is 28.7 Å². The molecule has 0 heterocycles. The summed E-state index contributed by atoms with van der Waals surface area (Å²) in [5, 5.41) is 9.50. The molecular weight excluding hydrogens is 294 g/mol. The SMILES string of the molecule is CN(C(=O)c1ccccc1Br)C1CCC(O)CC1. The van der Waals surface area contributed by atoms with Crippen LogP contribution in [0.1, 0.15) is 36.0 Å². The van der Waals surface area contributed by atoms with Gasteiger partial charge in [0.1, 0.15) is 0 Å². The minimum Gasteiger partial charge on any atom is -0.393 e. The molecule has 1 aromatic rings. The van der Waals surface area contributed by atoms with Gasteiger partial charge >= 0.3 is 0 Å². The second kappa shape index (κ2) is 5.85. The maximum absolute atomic E-state index is 12.4. The molecule has 0 spiro atoms. The van der Waals surface area contributed by atoms with Gasteiger partial charge in [0, 0.05) is 17.6 Å². The Morgan fingerprint density at radius 2 is 1.89 bits per heavy atom. The summed E-state index contributed by atoms with van der Waals surface area (Å²) < 4.78 is 0.831. The van der Waals surface area contributed by atoms with Crippen LogP contribution >= 0.6 is 15.9 Å². The van der Waals surface area contributed by atoms with Crippen molar-refractivity contribution >= 4 is 21.8 Å². The number of benzene rings is 1. The zero-order valence-corrected chi connectivity index (χ0v) is 12.1. The van der Waals surface area contributed by atoms with Crippen LogP contribution in [-0.4, -0.2) is 35.1 Å². The Labute approximate surface area is 116 Å². The fourth-order valence-electron chi connectivity index (χ4n) is 2.44. The molecule has 0 saturated heterocycles. The van der Waals surface area contributed by atoms with Gasteiger partial charge in [-0.3, -0.25) is 4.79 Å². The Kier molecular flexibility index (Phi) is 4.40. The first-order valence-corrected chi connectivity index (χ1v) is 7.08. The first kappa shape index (κ1) is 13.6. The Balaban J connectivity index is 2.07. The van der Waals surface area contributed by atoms with Gasteiger partial charge in [-0.05, 0) is 53.7 Å². The number of aliphatic hydroxyl groups is 1. The molecule has 1 N–H and O–H groups in total. The van der Waals surface area contributed by atoms with E-state index in [-0.39, 0.29) is 18.1 Å². The summed E-state index contributed by atoms with van der Waals surface area (Å²) in [6.45, 7) is 0. The van der Waals surface area contributed by atoms with Crippen molar-refractivity contribution in [1.82, 2.24) is 4.90 Å². The van der Waals surface area contributed by atoms with E-state index in [0.29, 0.717) is 5.56 Å². The van der Waals surface area contributed by atoms with E-state index in [2.05, 4.69) is 15.9 Å². The van der Waals surface area contributed by atoms with Crippen molar-refractivity contribution in [3.63, 3.8) is 0 Å². The molecule has 1 aliphatic rings. The van der Waals surface area contributed by atoms with E-state index in [1.165, 1.54) is 0 Å². The highest BCUT2D eigenvalue weighted by atomic mass is 79.9. The topological polar surface area (TPSA) is 40.5 Å². The fourth-order valence-corrected chi connectivity index (χ4v) is 2.89. The number of hydrogen-bond acceptors (Lipinski definition) is 2. The Morgan fingerprint density at radius 1 is 1.28 bits per heavy atom. The lowest BCUT2D eigenvalue weighted by molar-refractivity contribution is 0.0569. The maximum Gasteiger partial charge on any atom is 0.254 e. The van der Waals surface area contributed by atoms with Gasteiger partial charge in [0.15, 0.2) is 0 Å². The van der Waals surface area contributed by atoms with Crippen molar-refractivity contribution in [3.05, 3.63) is 34.3 Å². The molecule has 0 aliphatic heterocycles. The molecule has 18 heavy (non-hydrogen) atoms. The highest BCUT2D eigenvalue weighted by Crippen LogP contribution is 2.25. The first-order valence-electron chi connectivity index (χ1n) is 6.29. The number of carbonyl (C=O) groups excluding carboxylic acids is 1. The zero-order chi connectivity index (χ0) is 13.1. The summed E-state index contributed by atoms with van der Waals surface area (Å²) >= 11 is 3.41. The van der Waals surface area contributed by atoms with E-state index in [4.69, 9.17) is 0 Å². The Bertz CT molecular complexity index is 428. The van der Waals surface area contributed by atoms with Gasteiger partial charge in [-0.1, -0.05) is 12.1 Å². The Morgan fingerprint density at radius 3 is 2.50 bits per heavy atom. The summed E-state index contributed by atoms with van der Waals surface area (Å²) in [4.78, 5) is 14.2. The van der Waals surface area contributed by atoms with E-state index in [1.807, 2.05) is 36.2 Å².